The van der Waals surface area contributed by atoms with Gasteiger partial charge in [-0.1, -0.05) is 275 Å². The molecule has 0 saturated carbocycles. The maximum absolute atomic E-state index is 12.9. The van der Waals surface area contributed by atoms with Crippen molar-refractivity contribution < 1.29 is 28.6 Å². The van der Waals surface area contributed by atoms with E-state index in [1.807, 2.05) is 0 Å². The van der Waals surface area contributed by atoms with Crippen molar-refractivity contribution in [1.82, 2.24) is 0 Å². The van der Waals surface area contributed by atoms with E-state index in [0.717, 1.165) is 96.3 Å². The highest BCUT2D eigenvalue weighted by atomic mass is 16.6. The van der Waals surface area contributed by atoms with Crippen LogP contribution in [0, 0.1) is 0 Å². The first-order chi connectivity index (χ1) is 34.5. The van der Waals surface area contributed by atoms with Crippen LogP contribution in [0.5, 0.6) is 0 Å². The van der Waals surface area contributed by atoms with Gasteiger partial charge in [-0.25, -0.2) is 0 Å². The van der Waals surface area contributed by atoms with E-state index in [-0.39, 0.29) is 31.1 Å². The zero-order valence-electron chi connectivity index (χ0n) is 46.8. The summed E-state index contributed by atoms with van der Waals surface area (Å²) in [6, 6.07) is 0. The molecule has 0 radical (unpaired) electrons. The van der Waals surface area contributed by atoms with Crippen LogP contribution in [0.4, 0.5) is 0 Å². The predicted octanol–water partition coefficient (Wildman–Crippen LogP) is 20.6. The molecule has 408 valence electrons. The SMILES string of the molecule is CC/C=C\C/C=C\C/C=C\CCCCCCCC(=O)OC(COC(=O)CCCCCCCCCCCCC/C=C\CCCCCCCCCC)COC(=O)CCCCCCCCCCCCCCCC. The summed E-state index contributed by atoms with van der Waals surface area (Å²) in [5.41, 5.74) is 0. The van der Waals surface area contributed by atoms with Gasteiger partial charge in [0.15, 0.2) is 6.10 Å². The molecule has 6 nitrogen and oxygen atoms in total. The third-order valence-electron chi connectivity index (χ3n) is 13.6. The highest BCUT2D eigenvalue weighted by molar-refractivity contribution is 5.71. The summed E-state index contributed by atoms with van der Waals surface area (Å²) in [5, 5.41) is 0. The smallest absolute Gasteiger partial charge is 0.306 e. The molecule has 0 saturated heterocycles. The summed E-state index contributed by atoms with van der Waals surface area (Å²) in [5.74, 6) is -0.877. The highest BCUT2D eigenvalue weighted by Crippen LogP contribution is 2.17. The van der Waals surface area contributed by atoms with Crippen molar-refractivity contribution in [3.8, 4) is 0 Å². The molecule has 70 heavy (non-hydrogen) atoms. The molecule has 0 N–H and O–H groups in total. The fourth-order valence-corrected chi connectivity index (χ4v) is 8.98. The lowest BCUT2D eigenvalue weighted by molar-refractivity contribution is -0.167. The lowest BCUT2D eigenvalue weighted by Crippen LogP contribution is -2.30. The van der Waals surface area contributed by atoms with E-state index >= 15 is 0 Å². The fraction of sp³-hybridized carbons (Fsp3) is 0.828. The molecule has 0 aromatic heterocycles. The molecule has 0 aliphatic rings. The van der Waals surface area contributed by atoms with Crippen molar-refractivity contribution in [2.75, 3.05) is 13.2 Å². The van der Waals surface area contributed by atoms with Gasteiger partial charge in [0.25, 0.3) is 0 Å². The van der Waals surface area contributed by atoms with Crippen molar-refractivity contribution in [3.05, 3.63) is 48.6 Å². The fourth-order valence-electron chi connectivity index (χ4n) is 8.98. The van der Waals surface area contributed by atoms with Gasteiger partial charge in [0.2, 0.25) is 0 Å². The molecule has 0 aromatic rings. The number of unbranched alkanes of at least 4 members (excludes halogenated alkanes) is 37. The van der Waals surface area contributed by atoms with Crippen LogP contribution in [0.2, 0.25) is 0 Å². The molecule has 0 aliphatic carbocycles. The van der Waals surface area contributed by atoms with Crippen molar-refractivity contribution in [2.45, 2.75) is 329 Å². The first kappa shape index (κ1) is 67.4. The summed E-state index contributed by atoms with van der Waals surface area (Å²) >= 11 is 0. The van der Waals surface area contributed by atoms with E-state index < -0.39 is 6.10 Å². The van der Waals surface area contributed by atoms with Gasteiger partial charge >= 0.3 is 17.9 Å². The Morgan fingerprint density at radius 2 is 0.557 bits per heavy atom. The number of allylic oxidation sites excluding steroid dienone is 8. The molecule has 0 bridgehead atoms. The third kappa shape index (κ3) is 56.3. The van der Waals surface area contributed by atoms with Crippen LogP contribution in [0.1, 0.15) is 323 Å². The van der Waals surface area contributed by atoms with Crippen LogP contribution in [0.25, 0.3) is 0 Å². The molecular formula is C64H116O6. The monoisotopic (exact) mass is 981 g/mol. The molecule has 0 aromatic carbocycles. The Morgan fingerprint density at radius 1 is 0.300 bits per heavy atom. The third-order valence-corrected chi connectivity index (χ3v) is 13.6. The zero-order valence-corrected chi connectivity index (χ0v) is 46.8. The maximum atomic E-state index is 12.9. The second-order valence-corrected chi connectivity index (χ2v) is 20.6. The molecular weight excluding hydrogens is 865 g/mol. The van der Waals surface area contributed by atoms with Crippen LogP contribution in [-0.4, -0.2) is 37.2 Å². The minimum absolute atomic E-state index is 0.0769. The molecule has 1 atom stereocenters. The Labute approximate surface area is 435 Å². The van der Waals surface area contributed by atoms with Gasteiger partial charge < -0.3 is 14.2 Å². The van der Waals surface area contributed by atoms with Crippen molar-refractivity contribution in [1.29, 1.82) is 0 Å². The normalized spacial score (nSPS) is 12.3. The van der Waals surface area contributed by atoms with E-state index in [9.17, 15) is 14.4 Å². The predicted molar refractivity (Wildman–Crippen MR) is 302 cm³/mol. The van der Waals surface area contributed by atoms with Crippen molar-refractivity contribution in [3.63, 3.8) is 0 Å². The molecule has 0 aliphatic heterocycles. The Kier molecular flexibility index (Phi) is 56.7. The van der Waals surface area contributed by atoms with E-state index in [4.69, 9.17) is 14.2 Å². The number of rotatable bonds is 56. The minimum atomic E-state index is -0.780. The van der Waals surface area contributed by atoms with Crippen LogP contribution < -0.4 is 0 Å². The topological polar surface area (TPSA) is 78.9 Å². The van der Waals surface area contributed by atoms with Crippen LogP contribution >= 0.6 is 0 Å². The van der Waals surface area contributed by atoms with Gasteiger partial charge in [0.05, 0.1) is 0 Å². The lowest BCUT2D eigenvalue weighted by Gasteiger charge is -2.18. The first-order valence-electron chi connectivity index (χ1n) is 30.6. The van der Waals surface area contributed by atoms with Crippen LogP contribution in [0.3, 0.4) is 0 Å². The van der Waals surface area contributed by atoms with Gasteiger partial charge in [-0.3, -0.25) is 14.4 Å². The number of carbonyl (C=O) groups excluding carboxylic acids is 3. The zero-order chi connectivity index (χ0) is 50.7. The van der Waals surface area contributed by atoms with Gasteiger partial charge in [0.1, 0.15) is 13.2 Å². The largest absolute Gasteiger partial charge is 0.462 e. The second kappa shape index (κ2) is 58.9. The van der Waals surface area contributed by atoms with E-state index in [2.05, 4.69) is 69.4 Å². The number of carbonyl (C=O) groups is 3. The van der Waals surface area contributed by atoms with Crippen LogP contribution in [0.15, 0.2) is 48.6 Å². The number of hydrogen-bond donors (Lipinski definition) is 0. The van der Waals surface area contributed by atoms with E-state index in [0.29, 0.717) is 19.3 Å². The summed E-state index contributed by atoms with van der Waals surface area (Å²) in [4.78, 5) is 38.2. The average molecular weight is 982 g/mol. The van der Waals surface area contributed by atoms with Gasteiger partial charge in [0, 0.05) is 19.3 Å². The number of hydrogen-bond acceptors (Lipinski definition) is 6. The average Bonchev–Trinajstić information content (AvgIpc) is 3.36. The highest BCUT2D eigenvalue weighted by Gasteiger charge is 2.19. The summed E-state index contributed by atoms with van der Waals surface area (Å²) in [6.07, 6.45) is 72.6. The number of ether oxygens (including phenoxy) is 3. The summed E-state index contributed by atoms with van der Waals surface area (Å²) in [7, 11) is 0. The summed E-state index contributed by atoms with van der Waals surface area (Å²) in [6.45, 7) is 6.56. The van der Waals surface area contributed by atoms with Crippen LogP contribution in [-0.2, 0) is 28.6 Å². The summed E-state index contributed by atoms with van der Waals surface area (Å²) < 4.78 is 16.9. The molecule has 0 amide bonds. The Hall–Kier alpha value is -2.63. The molecule has 1 unspecified atom stereocenters. The molecule has 0 fully saturated rings. The lowest BCUT2D eigenvalue weighted by atomic mass is 10.0. The van der Waals surface area contributed by atoms with E-state index in [1.165, 1.54) is 186 Å². The maximum Gasteiger partial charge on any atom is 0.306 e. The van der Waals surface area contributed by atoms with E-state index in [1.54, 1.807) is 0 Å². The quantitative estimate of drug-likeness (QED) is 0.0261. The van der Waals surface area contributed by atoms with Gasteiger partial charge in [-0.2, -0.15) is 0 Å². The molecule has 6 heteroatoms. The minimum Gasteiger partial charge on any atom is -0.462 e. The van der Waals surface area contributed by atoms with Gasteiger partial charge in [-0.05, 0) is 77.0 Å². The first-order valence-corrected chi connectivity index (χ1v) is 30.6. The molecule has 0 rings (SSSR count). The number of esters is 3. The molecule has 0 heterocycles. The van der Waals surface area contributed by atoms with Crippen molar-refractivity contribution in [2.24, 2.45) is 0 Å². The Balaban J connectivity index is 4.29. The Morgan fingerprint density at radius 3 is 0.886 bits per heavy atom. The Bertz CT molecular complexity index is 1220. The van der Waals surface area contributed by atoms with Gasteiger partial charge in [-0.15, -0.1) is 0 Å². The molecule has 0 spiro atoms. The van der Waals surface area contributed by atoms with Crippen molar-refractivity contribution >= 4 is 17.9 Å². The second-order valence-electron chi connectivity index (χ2n) is 20.6. The standard InChI is InChI=1S/C64H116O6/c1-4-7-10-13-16-19-22-25-28-29-30-31-32-33-34-35-37-39-42-45-48-51-54-57-63(66)69-60-61(59-68-62(65)56-53-50-47-44-41-38-27-24-21-18-15-12-9-6-3)70-64(67)58-55-52-49-46-43-40-36-26-23-20-17-14-11-8-5-2/h8,11,17,20,26,29-30,36,61H,4-7,9-10,12-16,18-19,21-25,27-28,31-35,37-60H2,1-3H3/b11-8-,20-17-,30-29-,36-26-.